The summed E-state index contributed by atoms with van der Waals surface area (Å²) in [5, 5.41) is 12.7. The second kappa shape index (κ2) is 5.31. The van der Waals surface area contributed by atoms with Crippen molar-refractivity contribution in [1.82, 2.24) is 14.9 Å². The molecular weight excluding hydrogens is 318 g/mol. The number of aromatic carboxylic acids is 1. The molecule has 2 N–H and O–H groups in total. The average molecular weight is 337 g/mol. The molecule has 0 saturated carbocycles. The third kappa shape index (κ3) is 2.61. The van der Waals surface area contributed by atoms with Gasteiger partial charge in [0.05, 0.1) is 27.5 Å². The Morgan fingerprint density at radius 2 is 2.13 bits per heavy atom. The number of sulfone groups is 1. The van der Waals surface area contributed by atoms with E-state index in [1.54, 1.807) is 0 Å². The molecule has 0 fully saturated rings. The largest absolute Gasteiger partial charge is 0.478 e. The molecule has 0 spiro atoms. The van der Waals surface area contributed by atoms with E-state index in [4.69, 9.17) is 0 Å². The lowest BCUT2D eigenvalue weighted by Gasteiger charge is -2.28. The third-order valence-corrected chi connectivity index (χ3v) is 5.29. The average Bonchev–Trinajstić information content (AvgIpc) is 2.82. The van der Waals surface area contributed by atoms with Crippen LogP contribution in [0.1, 0.15) is 36.1 Å². The Labute approximate surface area is 134 Å². The standard InChI is InChI=1S/C15H19N3O4S/c1-8(2)13-14-17-10-6-9(15(19)20)12(23(3,21)22)7-11(10)18(14)5-4-16-13/h6-8,13,16H,4-5H2,1-3H3,(H,19,20)/t13-/m1/s1. The summed E-state index contributed by atoms with van der Waals surface area (Å²) < 4.78 is 25.9. The maximum absolute atomic E-state index is 12.0. The Balaban J connectivity index is 2.33. The van der Waals surface area contributed by atoms with Gasteiger partial charge in [-0.25, -0.2) is 18.2 Å². The van der Waals surface area contributed by atoms with Crippen molar-refractivity contribution in [3.8, 4) is 0 Å². The highest BCUT2D eigenvalue weighted by atomic mass is 32.2. The fourth-order valence-electron chi connectivity index (χ4n) is 3.07. The third-order valence-electron chi connectivity index (χ3n) is 4.15. The number of carbonyl (C=O) groups is 1. The second-order valence-corrected chi connectivity index (χ2v) is 8.20. The molecule has 1 atom stereocenters. The van der Waals surface area contributed by atoms with Gasteiger partial charge in [0.2, 0.25) is 0 Å². The summed E-state index contributed by atoms with van der Waals surface area (Å²) in [4.78, 5) is 15.8. The molecule has 0 unspecified atom stereocenters. The maximum Gasteiger partial charge on any atom is 0.337 e. The molecule has 0 bridgehead atoms. The van der Waals surface area contributed by atoms with Gasteiger partial charge in [0.1, 0.15) is 5.82 Å². The van der Waals surface area contributed by atoms with E-state index in [9.17, 15) is 18.3 Å². The van der Waals surface area contributed by atoms with Crippen molar-refractivity contribution in [3.63, 3.8) is 0 Å². The summed E-state index contributed by atoms with van der Waals surface area (Å²) in [6, 6.07) is 2.86. The number of nitrogens with one attached hydrogen (secondary N) is 1. The summed E-state index contributed by atoms with van der Waals surface area (Å²) >= 11 is 0. The molecule has 7 nitrogen and oxygen atoms in total. The summed E-state index contributed by atoms with van der Waals surface area (Å²) in [7, 11) is -3.64. The predicted molar refractivity (Wildman–Crippen MR) is 85.4 cm³/mol. The zero-order chi connectivity index (χ0) is 16.9. The molecule has 0 aliphatic carbocycles. The van der Waals surface area contributed by atoms with Crippen LogP contribution in [0, 0.1) is 5.92 Å². The molecule has 8 heteroatoms. The van der Waals surface area contributed by atoms with Gasteiger partial charge in [-0.1, -0.05) is 13.8 Å². The number of aromatic nitrogens is 2. The predicted octanol–water partition coefficient (Wildman–Crippen LogP) is 1.44. The molecule has 1 aliphatic heterocycles. The number of hydrogen-bond donors (Lipinski definition) is 2. The molecule has 1 aromatic carbocycles. The molecule has 23 heavy (non-hydrogen) atoms. The van der Waals surface area contributed by atoms with Gasteiger partial charge in [-0.15, -0.1) is 0 Å². The lowest BCUT2D eigenvalue weighted by atomic mass is 10.0. The number of hydrogen-bond acceptors (Lipinski definition) is 5. The van der Waals surface area contributed by atoms with E-state index in [1.165, 1.54) is 12.1 Å². The van der Waals surface area contributed by atoms with Crippen LogP contribution < -0.4 is 5.32 Å². The van der Waals surface area contributed by atoms with E-state index in [0.717, 1.165) is 18.6 Å². The number of imidazole rings is 1. The van der Waals surface area contributed by atoms with Crippen LogP contribution >= 0.6 is 0 Å². The van der Waals surface area contributed by atoms with Crippen LogP contribution in [0.3, 0.4) is 0 Å². The Kier molecular flexibility index (Phi) is 3.68. The first-order valence-corrected chi connectivity index (χ1v) is 9.30. The molecule has 1 aliphatic rings. The van der Waals surface area contributed by atoms with Crippen LogP contribution in [-0.4, -0.2) is 41.8 Å². The normalized spacial score (nSPS) is 18.3. The van der Waals surface area contributed by atoms with Gasteiger partial charge >= 0.3 is 5.97 Å². The van der Waals surface area contributed by atoms with Crippen LogP contribution in [0.25, 0.3) is 11.0 Å². The maximum atomic E-state index is 12.0. The number of rotatable bonds is 3. The minimum absolute atomic E-state index is 0.0612. The molecule has 2 aromatic rings. The van der Waals surface area contributed by atoms with E-state index >= 15 is 0 Å². The van der Waals surface area contributed by atoms with Gasteiger partial charge in [-0.3, -0.25) is 0 Å². The van der Waals surface area contributed by atoms with Gasteiger partial charge in [-0.2, -0.15) is 0 Å². The van der Waals surface area contributed by atoms with Crippen molar-refractivity contribution in [1.29, 1.82) is 0 Å². The Bertz CT molecular complexity index is 899. The zero-order valence-electron chi connectivity index (χ0n) is 13.2. The highest BCUT2D eigenvalue weighted by Gasteiger charge is 2.28. The lowest BCUT2D eigenvalue weighted by Crippen LogP contribution is -2.36. The van der Waals surface area contributed by atoms with Gasteiger partial charge in [0.15, 0.2) is 9.84 Å². The van der Waals surface area contributed by atoms with Crippen molar-refractivity contribution in [3.05, 3.63) is 23.5 Å². The Morgan fingerprint density at radius 1 is 1.43 bits per heavy atom. The first-order chi connectivity index (χ1) is 10.7. The van der Waals surface area contributed by atoms with Crippen LogP contribution in [0.4, 0.5) is 0 Å². The summed E-state index contributed by atoms with van der Waals surface area (Å²) in [6.45, 7) is 5.59. The molecule has 124 valence electrons. The topological polar surface area (TPSA) is 101 Å². The van der Waals surface area contributed by atoms with Crippen molar-refractivity contribution in [2.45, 2.75) is 31.3 Å². The van der Waals surface area contributed by atoms with Crippen molar-refractivity contribution in [2.24, 2.45) is 5.92 Å². The molecular formula is C15H19N3O4S. The SMILES string of the molecule is CC(C)[C@H]1NCCn2c1nc1cc(C(=O)O)c(S(C)(=O)=O)cc12. The van der Waals surface area contributed by atoms with Crippen LogP contribution in [0.5, 0.6) is 0 Å². The first kappa shape index (κ1) is 15.9. The number of fused-ring (bicyclic) bond motifs is 3. The first-order valence-electron chi connectivity index (χ1n) is 7.41. The van der Waals surface area contributed by atoms with E-state index in [0.29, 0.717) is 23.5 Å². The number of carboxylic acids is 1. The molecule has 3 rings (SSSR count). The van der Waals surface area contributed by atoms with Crippen molar-refractivity contribution in [2.75, 3.05) is 12.8 Å². The highest BCUT2D eigenvalue weighted by Crippen LogP contribution is 2.31. The van der Waals surface area contributed by atoms with Crippen molar-refractivity contribution >= 4 is 26.8 Å². The van der Waals surface area contributed by atoms with E-state index < -0.39 is 15.8 Å². The quantitative estimate of drug-likeness (QED) is 0.879. The van der Waals surface area contributed by atoms with Gasteiger partial charge in [-0.05, 0) is 18.1 Å². The van der Waals surface area contributed by atoms with Crippen LogP contribution in [0.2, 0.25) is 0 Å². The zero-order valence-corrected chi connectivity index (χ0v) is 14.0. The second-order valence-electron chi connectivity index (χ2n) is 6.21. The molecule has 0 saturated heterocycles. The summed E-state index contributed by atoms with van der Waals surface area (Å²) in [5.74, 6) is -0.126. The van der Waals surface area contributed by atoms with Crippen molar-refractivity contribution < 1.29 is 18.3 Å². The highest BCUT2D eigenvalue weighted by molar-refractivity contribution is 7.90. The summed E-state index contributed by atoms with van der Waals surface area (Å²) in [6.07, 6.45) is 1.02. The van der Waals surface area contributed by atoms with Gasteiger partial charge in [0.25, 0.3) is 0 Å². The Hall–Kier alpha value is -1.93. The van der Waals surface area contributed by atoms with Crippen LogP contribution in [0.15, 0.2) is 17.0 Å². The summed E-state index contributed by atoms with van der Waals surface area (Å²) in [5.41, 5.74) is 0.946. The van der Waals surface area contributed by atoms with E-state index in [-0.39, 0.29) is 16.5 Å². The molecule has 2 heterocycles. The number of carboxylic acid groups (broad SMARTS) is 1. The van der Waals surface area contributed by atoms with E-state index in [1.807, 2.05) is 4.57 Å². The molecule has 0 radical (unpaired) electrons. The number of nitrogens with zero attached hydrogens (tertiary/aromatic N) is 2. The minimum Gasteiger partial charge on any atom is -0.478 e. The van der Waals surface area contributed by atoms with E-state index in [2.05, 4.69) is 24.1 Å². The number of benzene rings is 1. The monoisotopic (exact) mass is 337 g/mol. The fraction of sp³-hybridized carbons (Fsp3) is 0.467. The Morgan fingerprint density at radius 3 is 2.70 bits per heavy atom. The fourth-order valence-corrected chi connectivity index (χ4v) is 3.95. The minimum atomic E-state index is -3.64. The van der Waals surface area contributed by atoms with Gasteiger partial charge in [0, 0.05) is 19.3 Å². The van der Waals surface area contributed by atoms with Crippen LogP contribution in [-0.2, 0) is 16.4 Å². The molecule has 0 amide bonds. The van der Waals surface area contributed by atoms with Gasteiger partial charge < -0.3 is 15.0 Å². The molecule has 1 aromatic heterocycles. The smallest absolute Gasteiger partial charge is 0.337 e. The lowest BCUT2D eigenvalue weighted by molar-refractivity contribution is 0.0693.